The number of ether oxygens (including phenoxy) is 4. The molecular weight excluding hydrogens is 444 g/mol. The van der Waals surface area contributed by atoms with Crippen LogP contribution in [-0.4, -0.2) is 29.9 Å². The van der Waals surface area contributed by atoms with E-state index in [0.29, 0.717) is 31.8 Å². The second-order valence-electron chi connectivity index (χ2n) is 8.89. The van der Waals surface area contributed by atoms with Gasteiger partial charge in [-0.15, -0.1) is 0 Å². The van der Waals surface area contributed by atoms with E-state index in [1.807, 2.05) is 60.7 Å². The summed E-state index contributed by atoms with van der Waals surface area (Å²) in [6, 6.07) is 21.2. The van der Waals surface area contributed by atoms with Crippen molar-refractivity contribution in [3.05, 3.63) is 77.9 Å². The maximum atomic E-state index is 11.4. The Bertz CT molecular complexity index is 1140. The van der Waals surface area contributed by atoms with Crippen LogP contribution >= 0.6 is 0 Å². The summed E-state index contributed by atoms with van der Waals surface area (Å²) in [6.45, 7) is 4.82. The van der Waals surface area contributed by atoms with Crippen LogP contribution in [0.15, 0.2) is 66.7 Å². The van der Waals surface area contributed by atoms with E-state index >= 15 is 0 Å². The van der Waals surface area contributed by atoms with E-state index in [9.17, 15) is 9.90 Å². The fourth-order valence-electron chi connectivity index (χ4n) is 4.04. The first-order valence-electron chi connectivity index (χ1n) is 12.1. The molecule has 1 atom stereocenters. The summed E-state index contributed by atoms with van der Waals surface area (Å²) in [5, 5.41) is 9.38. The van der Waals surface area contributed by atoms with Crippen LogP contribution in [0, 0.1) is 0 Å². The van der Waals surface area contributed by atoms with Gasteiger partial charge in [-0.25, -0.2) is 4.79 Å². The number of carbonyl (C=O) groups is 1. The lowest BCUT2D eigenvalue weighted by Crippen LogP contribution is -2.44. The highest BCUT2D eigenvalue weighted by molar-refractivity contribution is 5.78. The Balaban J connectivity index is 1.27. The average Bonchev–Trinajstić information content (AvgIpc) is 2.86. The highest BCUT2D eigenvalue weighted by atomic mass is 16.5. The minimum atomic E-state index is -1.17. The molecule has 1 heterocycles. The van der Waals surface area contributed by atoms with Crippen LogP contribution in [0.2, 0.25) is 0 Å². The van der Waals surface area contributed by atoms with Crippen LogP contribution in [0.4, 0.5) is 0 Å². The Morgan fingerprint density at radius 1 is 0.971 bits per heavy atom. The lowest BCUT2D eigenvalue weighted by Gasteiger charge is -2.32. The number of hydrogen-bond acceptors (Lipinski definition) is 5. The molecule has 1 unspecified atom stereocenters. The van der Waals surface area contributed by atoms with Crippen LogP contribution in [0.25, 0.3) is 0 Å². The highest BCUT2D eigenvalue weighted by Crippen LogP contribution is 2.35. The molecule has 6 nitrogen and oxygen atoms in total. The Morgan fingerprint density at radius 2 is 1.74 bits per heavy atom. The van der Waals surface area contributed by atoms with Crippen LogP contribution < -0.4 is 18.9 Å². The number of benzene rings is 3. The van der Waals surface area contributed by atoms with Crippen LogP contribution in [-0.2, 0) is 17.6 Å². The molecule has 6 heteroatoms. The summed E-state index contributed by atoms with van der Waals surface area (Å²) in [6.07, 6.45) is 3.74. The third-order valence-electron chi connectivity index (χ3n) is 6.04. The first-order valence-corrected chi connectivity index (χ1v) is 12.1. The third kappa shape index (κ3) is 6.27. The third-order valence-corrected chi connectivity index (χ3v) is 6.04. The van der Waals surface area contributed by atoms with Crippen molar-refractivity contribution in [3.63, 3.8) is 0 Å². The molecule has 1 aliphatic rings. The van der Waals surface area contributed by atoms with Crippen LogP contribution in [0.3, 0.4) is 0 Å². The average molecular weight is 477 g/mol. The molecule has 0 radical (unpaired) electrons. The van der Waals surface area contributed by atoms with E-state index in [1.54, 1.807) is 13.0 Å². The fraction of sp³-hybridized carbons (Fsp3) is 0.345. The number of carboxylic acid groups (broad SMARTS) is 1. The van der Waals surface area contributed by atoms with Gasteiger partial charge in [0.1, 0.15) is 28.7 Å². The normalized spacial score (nSPS) is 16.6. The zero-order valence-electron chi connectivity index (χ0n) is 20.3. The maximum Gasteiger partial charge on any atom is 0.347 e. The molecule has 1 N–H and O–H groups in total. The van der Waals surface area contributed by atoms with E-state index in [-0.39, 0.29) is 0 Å². The van der Waals surface area contributed by atoms with E-state index in [1.165, 1.54) is 0 Å². The predicted molar refractivity (Wildman–Crippen MR) is 134 cm³/mol. The summed E-state index contributed by atoms with van der Waals surface area (Å²) in [7, 11) is 0. The molecule has 184 valence electrons. The van der Waals surface area contributed by atoms with Gasteiger partial charge < -0.3 is 24.1 Å². The Hall–Kier alpha value is -3.67. The maximum absolute atomic E-state index is 11.4. The molecule has 0 saturated heterocycles. The second-order valence-corrected chi connectivity index (χ2v) is 8.89. The number of carboxylic acids is 1. The summed E-state index contributed by atoms with van der Waals surface area (Å²) in [5.41, 5.74) is 0.930. The van der Waals surface area contributed by atoms with Crippen LogP contribution in [0.1, 0.15) is 44.2 Å². The Morgan fingerprint density at radius 3 is 2.51 bits per heavy atom. The first kappa shape index (κ1) is 24.5. The number of fused-ring (bicyclic) bond motifs is 1. The molecule has 35 heavy (non-hydrogen) atoms. The van der Waals surface area contributed by atoms with Crippen molar-refractivity contribution in [2.45, 2.75) is 51.6 Å². The van der Waals surface area contributed by atoms with Crippen molar-refractivity contribution in [3.8, 4) is 28.7 Å². The largest absolute Gasteiger partial charge is 0.493 e. The van der Waals surface area contributed by atoms with Gasteiger partial charge in [-0.1, -0.05) is 31.5 Å². The number of hydrogen-bond donors (Lipinski definition) is 1. The molecule has 0 amide bonds. The minimum absolute atomic E-state index is 0.432. The molecule has 0 aromatic heterocycles. The van der Waals surface area contributed by atoms with Gasteiger partial charge in [0.2, 0.25) is 5.60 Å². The van der Waals surface area contributed by atoms with E-state index < -0.39 is 11.6 Å². The summed E-state index contributed by atoms with van der Waals surface area (Å²) >= 11 is 0. The second kappa shape index (κ2) is 11.2. The van der Waals surface area contributed by atoms with Gasteiger partial charge in [-0.05, 0) is 79.4 Å². The van der Waals surface area contributed by atoms with Gasteiger partial charge in [-0.2, -0.15) is 0 Å². The summed E-state index contributed by atoms with van der Waals surface area (Å²) in [5.74, 6) is 2.91. The Kier molecular flexibility index (Phi) is 7.80. The summed E-state index contributed by atoms with van der Waals surface area (Å²) < 4.78 is 23.6. The van der Waals surface area contributed by atoms with Gasteiger partial charge in [0.15, 0.2) is 0 Å². The van der Waals surface area contributed by atoms with Crippen molar-refractivity contribution in [2.75, 3.05) is 13.2 Å². The van der Waals surface area contributed by atoms with E-state index in [0.717, 1.165) is 53.4 Å². The molecular formula is C29H32O6. The molecule has 0 bridgehead atoms. The molecule has 0 spiro atoms. The predicted octanol–water partition coefficient (Wildman–Crippen LogP) is 6.45. The smallest absolute Gasteiger partial charge is 0.347 e. The lowest BCUT2D eigenvalue weighted by molar-refractivity contribution is -0.155. The zero-order chi connectivity index (χ0) is 24.7. The molecule has 0 fully saturated rings. The molecule has 0 aliphatic carbocycles. The molecule has 0 saturated carbocycles. The fourth-order valence-corrected chi connectivity index (χ4v) is 4.04. The van der Waals surface area contributed by atoms with E-state index in [4.69, 9.17) is 18.9 Å². The number of aryl methyl sites for hydroxylation is 2. The topological polar surface area (TPSA) is 74.2 Å². The number of aliphatic carboxylic acids is 1. The standard InChI is InChI=1S/C29H32O6/c1-3-8-21-20-25(34-23-9-5-4-6-10-23)12-13-26(21)33-18-7-17-32-24-11-14-27-22(19-24)15-16-29(2,35-27)28(30)31/h4-6,9-14,19-20H,3,7-8,15-18H2,1-2H3,(H,30,31). The van der Waals surface area contributed by atoms with Crippen molar-refractivity contribution in [1.29, 1.82) is 0 Å². The molecule has 3 aromatic rings. The lowest BCUT2D eigenvalue weighted by atomic mass is 9.92. The number of para-hydroxylation sites is 1. The van der Waals surface area contributed by atoms with Gasteiger partial charge in [0, 0.05) is 12.8 Å². The summed E-state index contributed by atoms with van der Waals surface area (Å²) in [4.78, 5) is 11.4. The zero-order valence-corrected chi connectivity index (χ0v) is 20.3. The monoisotopic (exact) mass is 476 g/mol. The first-order chi connectivity index (χ1) is 17.0. The van der Waals surface area contributed by atoms with E-state index in [2.05, 4.69) is 6.92 Å². The van der Waals surface area contributed by atoms with Gasteiger partial charge in [0.25, 0.3) is 0 Å². The van der Waals surface area contributed by atoms with Crippen molar-refractivity contribution < 1.29 is 28.8 Å². The minimum Gasteiger partial charge on any atom is -0.493 e. The highest BCUT2D eigenvalue weighted by Gasteiger charge is 2.39. The van der Waals surface area contributed by atoms with Crippen molar-refractivity contribution in [2.24, 2.45) is 0 Å². The van der Waals surface area contributed by atoms with Crippen LogP contribution in [0.5, 0.6) is 28.7 Å². The molecule has 1 aliphatic heterocycles. The van der Waals surface area contributed by atoms with Crippen molar-refractivity contribution >= 4 is 5.97 Å². The van der Waals surface area contributed by atoms with Gasteiger partial charge in [0.05, 0.1) is 13.2 Å². The van der Waals surface area contributed by atoms with Gasteiger partial charge >= 0.3 is 5.97 Å². The number of rotatable bonds is 11. The Labute approximate surface area is 206 Å². The molecule has 3 aromatic carbocycles. The molecule has 4 rings (SSSR count). The van der Waals surface area contributed by atoms with Gasteiger partial charge in [-0.3, -0.25) is 0 Å². The quantitative estimate of drug-likeness (QED) is 0.321. The van der Waals surface area contributed by atoms with Crippen molar-refractivity contribution in [1.82, 2.24) is 0 Å². The SMILES string of the molecule is CCCc1cc(Oc2ccccc2)ccc1OCCCOc1ccc2c(c1)CCC(C)(C(=O)O)O2.